The maximum atomic E-state index is 6.47. The van der Waals surface area contributed by atoms with Gasteiger partial charge in [-0.3, -0.25) is 0 Å². The third-order valence-corrected chi connectivity index (χ3v) is 8.97. The van der Waals surface area contributed by atoms with E-state index >= 15 is 0 Å². The third kappa shape index (κ3) is 2.72. The molecule has 2 aliphatic heterocycles. The highest BCUT2D eigenvalue weighted by Gasteiger charge is 2.69. The largest absolute Gasteiger partial charge is 0.365 e. The monoisotopic (exact) mass is 362 g/mol. The molecule has 0 amide bonds. The average molecular weight is 363 g/mol. The van der Waals surface area contributed by atoms with Gasteiger partial charge in [0, 0.05) is 0 Å². The molecule has 2 heterocycles. The number of hydrogen-bond acceptors (Lipinski definition) is 2. The highest BCUT2D eigenvalue weighted by Crippen LogP contribution is 2.64. The van der Waals surface area contributed by atoms with Crippen molar-refractivity contribution in [3.05, 3.63) is 0 Å². The van der Waals surface area contributed by atoms with Crippen LogP contribution in [0.5, 0.6) is 0 Å². The van der Waals surface area contributed by atoms with E-state index in [4.69, 9.17) is 9.47 Å². The molecule has 2 saturated carbocycles. The number of hydrogen-bond donors (Lipinski definition) is 0. The van der Waals surface area contributed by atoms with Gasteiger partial charge in [0.15, 0.2) is 0 Å². The lowest BCUT2D eigenvalue weighted by molar-refractivity contribution is 0.0774. The quantitative estimate of drug-likeness (QED) is 0.566. The first kappa shape index (κ1) is 19.2. The van der Waals surface area contributed by atoms with Gasteiger partial charge < -0.3 is 9.47 Å². The number of ether oxygens (including phenoxy) is 2. The molecule has 26 heavy (non-hydrogen) atoms. The Morgan fingerprint density at radius 1 is 0.615 bits per heavy atom. The molecule has 0 aromatic carbocycles. The van der Waals surface area contributed by atoms with Crippen LogP contribution in [-0.2, 0) is 9.47 Å². The fourth-order valence-electron chi connectivity index (χ4n) is 6.93. The van der Waals surface area contributed by atoms with Crippen molar-refractivity contribution < 1.29 is 9.47 Å². The molecule has 0 N–H and O–H groups in total. The number of epoxide rings is 2. The second kappa shape index (κ2) is 6.21. The molecule has 0 aromatic heterocycles. The van der Waals surface area contributed by atoms with Crippen LogP contribution in [0.25, 0.3) is 0 Å². The molecule has 0 bridgehead atoms. The molecule has 0 aromatic rings. The molecule has 150 valence electrons. The van der Waals surface area contributed by atoms with Gasteiger partial charge in [-0.05, 0) is 73.0 Å². The Balaban J connectivity index is 1.57. The van der Waals surface area contributed by atoms with Gasteiger partial charge >= 0.3 is 0 Å². The Kier molecular flexibility index (Phi) is 4.60. The zero-order valence-electron chi connectivity index (χ0n) is 18.4. The van der Waals surface area contributed by atoms with E-state index in [1.165, 1.54) is 25.7 Å². The number of rotatable bonds is 5. The molecular weight excluding hydrogens is 320 g/mol. The van der Waals surface area contributed by atoms with Crippen molar-refractivity contribution in [2.75, 3.05) is 0 Å². The smallest absolute Gasteiger partial charge is 0.0976 e. The topological polar surface area (TPSA) is 25.1 Å². The molecule has 0 radical (unpaired) electrons. The minimum Gasteiger partial charge on any atom is -0.365 e. The molecule has 8 unspecified atom stereocenters. The Bertz CT molecular complexity index is 490. The Labute approximate surface area is 161 Å². The predicted octanol–water partition coefficient (Wildman–Crippen LogP) is 5.94. The molecule has 2 heteroatoms. The summed E-state index contributed by atoms with van der Waals surface area (Å²) in [7, 11) is 0. The van der Waals surface area contributed by atoms with E-state index in [1.54, 1.807) is 0 Å². The fraction of sp³-hybridized carbons (Fsp3) is 1.00. The van der Waals surface area contributed by atoms with E-state index < -0.39 is 0 Å². The highest BCUT2D eigenvalue weighted by atomic mass is 16.6. The van der Waals surface area contributed by atoms with Crippen LogP contribution in [0.2, 0.25) is 0 Å². The van der Waals surface area contributed by atoms with Gasteiger partial charge in [0.05, 0.1) is 23.4 Å². The Morgan fingerprint density at radius 3 is 1.23 bits per heavy atom. The summed E-state index contributed by atoms with van der Waals surface area (Å²) < 4.78 is 12.9. The van der Waals surface area contributed by atoms with Crippen LogP contribution in [0, 0.1) is 47.3 Å². The lowest BCUT2D eigenvalue weighted by Crippen LogP contribution is -2.44. The van der Waals surface area contributed by atoms with Crippen molar-refractivity contribution in [2.45, 2.75) is 104 Å². The SMILES string of the molecule is CC(C)C1CC(C2CC(C(C)C)C3OC3(C(C)C)C2)CC2(C(C)C)OC12. The van der Waals surface area contributed by atoms with E-state index in [9.17, 15) is 0 Å². The molecule has 4 fully saturated rings. The summed E-state index contributed by atoms with van der Waals surface area (Å²) in [5.41, 5.74) is 0.384. The number of fused-ring (bicyclic) bond motifs is 2. The van der Waals surface area contributed by atoms with Crippen LogP contribution in [0.15, 0.2) is 0 Å². The zero-order chi connectivity index (χ0) is 19.0. The van der Waals surface area contributed by atoms with E-state index in [1.807, 2.05) is 0 Å². The second-order valence-corrected chi connectivity index (χ2v) is 11.5. The Morgan fingerprint density at radius 2 is 0.962 bits per heavy atom. The minimum absolute atomic E-state index is 0.192. The molecule has 4 rings (SSSR count). The van der Waals surface area contributed by atoms with Crippen LogP contribution in [0.1, 0.15) is 81.1 Å². The van der Waals surface area contributed by atoms with Crippen molar-refractivity contribution in [3.63, 3.8) is 0 Å². The maximum Gasteiger partial charge on any atom is 0.0976 e. The summed E-state index contributed by atoms with van der Waals surface area (Å²) >= 11 is 0. The van der Waals surface area contributed by atoms with Crippen molar-refractivity contribution in [3.8, 4) is 0 Å². The van der Waals surface area contributed by atoms with E-state index in [2.05, 4.69) is 55.4 Å². The van der Waals surface area contributed by atoms with Gasteiger partial charge in [-0.2, -0.15) is 0 Å². The molecule has 2 nitrogen and oxygen atoms in total. The lowest BCUT2D eigenvalue weighted by atomic mass is 9.59. The van der Waals surface area contributed by atoms with Gasteiger partial charge in [0.2, 0.25) is 0 Å². The molecule has 0 spiro atoms. The summed E-state index contributed by atoms with van der Waals surface area (Å²) in [4.78, 5) is 0. The highest BCUT2D eigenvalue weighted by molar-refractivity contribution is 5.17. The Hall–Kier alpha value is -0.0800. The lowest BCUT2D eigenvalue weighted by Gasteiger charge is -2.43. The summed E-state index contributed by atoms with van der Waals surface area (Å²) in [6.07, 6.45) is 6.43. The summed E-state index contributed by atoms with van der Waals surface area (Å²) in [6, 6.07) is 0. The zero-order valence-corrected chi connectivity index (χ0v) is 18.4. The maximum absolute atomic E-state index is 6.47. The van der Waals surface area contributed by atoms with Crippen LogP contribution in [0.3, 0.4) is 0 Å². The van der Waals surface area contributed by atoms with Crippen LogP contribution in [-0.4, -0.2) is 23.4 Å². The van der Waals surface area contributed by atoms with Crippen LogP contribution < -0.4 is 0 Å². The van der Waals surface area contributed by atoms with E-state index in [0.717, 1.165) is 35.5 Å². The molecular formula is C24H42O2. The first-order valence-corrected chi connectivity index (χ1v) is 11.5. The third-order valence-electron chi connectivity index (χ3n) is 8.97. The van der Waals surface area contributed by atoms with Gasteiger partial charge in [0.25, 0.3) is 0 Å². The second-order valence-electron chi connectivity index (χ2n) is 11.5. The van der Waals surface area contributed by atoms with Crippen LogP contribution >= 0.6 is 0 Å². The normalized spacial score (nSPS) is 50.3. The molecule has 4 aliphatic rings. The fourth-order valence-corrected chi connectivity index (χ4v) is 6.93. The van der Waals surface area contributed by atoms with Gasteiger partial charge in [-0.25, -0.2) is 0 Å². The van der Waals surface area contributed by atoms with Gasteiger partial charge in [-0.15, -0.1) is 0 Å². The van der Waals surface area contributed by atoms with Gasteiger partial charge in [0.1, 0.15) is 0 Å². The van der Waals surface area contributed by atoms with E-state index in [-0.39, 0.29) is 11.2 Å². The molecule has 2 aliphatic carbocycles. The first-order valence-electron chi connectivity index (χ1n) is 11.5. The summed E-state index contributed by atoms with van der Waals surface area (Å²) in [5.74, 6) is 5.91. The minimum atomic E-state index is 0.192. The van der Waals surface area contributed by atoms with Crippen LogP contribution in [0.4, 0.5) is 0 Å². The molecule has 2 saturated heterocycles. The van der Waals surface area contributed by atoms with Gasteiger partial charge in [-0.1, -0.05) is 55.4 Å². The standard InChI is InChI=1S/C24H42O2/c1-13(2)19-9-17(11-23(15(5)6)21(19)25-23)18-10-20(14(3)4)22-24(12-18,26-22)16(7)8/h13-22H,9-12H2,1-8H3. The average Bonchev–Trinajstić information content (AvgIpc) is 3.44. The van der Waals surface area contributed by atoms with Crippen molar-refractivity contribution in [1.29, 1.82) is 0 Å². The molecule has 8 atom stereocenters. The van der Waals surface area contributed by atoms with Crippen molar-refractivity contribution >= 4 is 0 Å². The van der Waals surface area contributed by atoms with Crippen molar-refractivity contribution in [1.82, 2.24) is 0 Å². The van der Waals surface area contributed by atoms with E-state index in [0.29, 0.717) is 24.0 Å². The summed E-state index contributed by atoms with van der Waals surface area (Å²) in [5, 5.41) is 0. The van der Waals surface area contributed by atoms with Crippen molar-refractivity contribution in [2.24, 2.45) is 47.3 Å². The first-order chi connectivity index (χ1) is 12.1. The summed E-state index contributed by atoms with van der Waals surface area (Å²) in [6.45, 7) is 19.2. The predicted molar refractivity (Wildman–Crippen MR) is 107 cm³/mol.